The van der Waals surface area contributed by atoms with Gasteiger partial charge in [-0.05, 0) is 53.6 Å². The van der Waals surface area contributed by atoms with Gasteiger partial charge in [0, 0.05) is 5.56 Å². The van der Waals surface area contributed by atoms with Crippen LogP contribution in [0.1, 0.15) is 47.2 Å². The number of aryl methyl sites for hydroxylation is 1. The number of hydrogen-bond donors (Lipinski definition) is 5. The first kappa shape index (κ1) is 22.4. The maximum absolute atomic E-state index is 10.8. The molecule has 7 nitrogen and oxygen atoms in total. The zero-order valence-corrected chi connectivity index (χ0v) is 17.7. The van der Waals surface area contributed by atoms with Crippen LogP contribution in [0, 0.1) is 0 Å². The third-order valence-corrected chi connectivity index (χ3v) is 6.43. The highest BCUT2D eigenvalue weighted by molar-refractivity contribution is 5.45. The van der Waals surface area contributed by atoms with E-state index in [-0.39, 0.29) is 13.2 Å². The molecule has 0 bridgehead atoms. The van der Waals surface area contributed by atoms with E-state index in [2.05, 4.69) is 31.2 Å². The second-order valence-corrected chi connectivity index (χ2v) is 8.49. The standard InChI is InChI=1S/C24H30O7/c1-3-14-4-6-15(7-5-14)8-16-10-19-18(9-17(16)11-25)12-30-24(19)23(29)21(28)20(27)22(31-24)13(2)26/h4-7,9-10,13,20-23,25-29H,3,8,11-12H2,1-2H3/t13-,20+,21+,22-,23-,24+/m1/s1. The molecule has 2 aliphatic rings. The van der Waals surface area contributed by atoms with Gasteiger partial charge >= 0.3 is 0 Å². The summed E-state index contributed by atoms with van der Waals surface area (Å²) in [5.41, 5.74) is 5.16. The minimum Gasteiger partial charge on any atom is -0.392 e. The highest BCUT2D eigenvalue weighted by atomic mass is 16.7. The smallest absolute Gasteiger partial charge is 0.225 e. The summed E-state index contributed by atoms with van der Waals surface area (Å²) < 4.78 is 11.8. The van der Waals surface area contributed by atoms with Gasteiger partial charge < -0.3 is 35.0 Å². The molecule has 2 aromatic rings. The Morgan fingerprint density at radius 1 is 1.03 bits per heavy atom. The van der Waals surface area contributed by atoms with Gasteiger partial charge in [-0.2, -0.15) is 0 Å². The van der Waals surface area contributed by atoms with Crippen molar-refractivity contribution in [3.05, 3.63) is 69.8 Å². The van der Waals surface area contributed by atoms with Crippen LogP contribution in [0.3, 0.4) is 0 Å². The lowest BCUT2D eigenvalue weighted by Crippen LogP contribution is -2.64. The van der Waals surface area contributed by atoms with Gasteiger partial charge in [-0.15, -0.1) is 0 Å². The monoisotopic (exact) mass is 430 g/mol. The molecule has 4 rings (SSSR count). The lowest BCUT2D eigenvalue weighted by molar-refractivity contribution is -0.374. The van der Waals surface area contributed by atoms with Gasteiger partial charge in [-0.1, -0.05) is 37.3 Å². The van der Waals surface area contributed by atoms with E-state index in [0.717, 1.165) is 28.7 Å². The molecule has 0 radical (unpaired) electrons. The van der Waals surface area contributed by atoms with E-state index >= 15 is 0 Å². The largest absolute Gasteiger partial charge is 0.392 e. The van der Waals surface area contributed by atoms with Crippen molar-refractivity contribution in [3.63, 3.8) is 0 Å². The molecule has 2 aromatic carbocycles. The Hall–Kier alpha value is -1.84. The van der Waals surface area contributed by atoms with Gasteiger partial charge in [-0.25, -0.2) is 0 Å². The van der Waals surface area contributed by atoms with Crippen LogP contribution in [0.2, 0.25) is 0 Å². The number of fused-ring (bicyclic) bond motifs is 2. The van der Waals surface area contributed by atoms with E-state index in [0.29, 0.717) is 12.0 Å². The van der Waals surface area contributed by atoms with Gasteiger partial charge in [0.05, 0.1) is 19.3 Å². The first-order chi connectivity index (χ1) is 14.8. The summed E-state index contributed by atoms with van der Waals surface area (Å²) in [6.45, 7) is 3.51. The average Bonchev–Trinajstić information content (AvgIpc) is 3.12. The highest BCUT2D eigenvalue weighted by Crippen LogP contribution is 2.47. The van der Waals surface area contributed by atoms with Crippen LogP contribution >= 0.6 is 0 Å². The molecule has 0 saturated carbocycles. The van der Waals surface area contributed by atoms with Crippen molar-refractivity contribution in [2.45, 2.75) is 76.2 Å². The Morgan fingerprint density at radius 2 is 1.71 bits per heavy atom. The summed E-state index contributed by atoms with van der Waals surface area (Å²) in [7, 11) is 0. The van der Waals surface area contributed by atoms with Crippen LogP contribution in [0.4, 0.5) is 0 Å². The minimum atomic E-state index is -1.70. The average molecular weight is 430 g/mol. The molecule has 0 amide bonds. The Labute approximate surface area is 181 Å². The van der Waals surface area contributed by atoms with Crippen LogP contribution in [0.15, 0.2) is 36.4 Å². The van der Waals surface area contributed by atoms with Crippen molar-refractivity contribution in [2.24, 2.45) is 0 Å². The number of aliphatic hydroxyl groups excluding tert-OH is 5. The summed E-state index contributed by atoms with van der Waals surface area (Å²) in [5, 5.41) is 51.5. The highest BCUT2D eigenvalue weighted by Gasteiger charge is 2.59. The number of rotatable bonds is 5. The van der Waals surface area contributed by atoms with Crippen molar-refractivity contribution < 1.29 is 35.0 Å². The lowest BCUT2D eigenvalue weighted by Gasteiger charge is -2.47. The van der Waals surface area contributed by atoms with Gasteiger partial charge in [0.15, 0.2) is 0 Å². The predicted octanol–water partition coefficient (Wildman–Crippen LogP) is 0.877. The third kappa shape index (κ3) is 3.81. The molecule has 2 aliphatic heterocycles. The van der Waals surface area contributed by atoms with Crippen molar-refractivity contribution in [2.75, 3.05) is 0 Å². The molecular weight excluding hydrogens is 400 g/mol. The predicted molar refractivity (Wildman–Crippen MR) is 112 cm³/mol. The zero-order chi connectivity index (χ0) is 22.3. The van der Waals surface area contributed by atoms with Crippen LogP contribution in [-0.2, 0) is 41.3 Å². The van der Waals surface area contributed by atoms with E-state index in [1.165, 1.54) is 12.5 Å². The second kappa shape index (κ2) is 8.60. The molecule has 1 spiro atoms. The van der Waals surface area contributed by atoms with Crippen LogP contribution < -0.4 is 0 Å². The van der Waals surface area contributed by atoms with E-state index in [9.17, 15) is 25.5 Å². The fourth-order valence-electron chi connectivity index (χ4n) is 4.54. The molecule has 31 heavy (non-hydrogen) atoms. The molecule has 1 saturated heterocycles. The molecule has 6 atom stereocenters. The van der Waals surface area contributed by atoms with E-state index < -0.39 is 36.3 Å². The van der Waals surface area contributed by atoms with Crippen molar-refractivity contribution in [1.82, 2.24) is 0 Å². The third-order valence-electron chi connectivity index (χ3n) is 6.43. The number of hydrogen-bond acceptors (Lipinski definition) is 7. The SMILES string of the molecule is CCc1ccc(Cc2cc3c(cc2CO)CO[C@]32O[C@H]([C@@H](C)O)[C@@H](O)[C@H](O)[C@H]2O)cc1. The topological polar surface area (TPSA) is 120 Å². The van der Waals surface area contributed by atoms with Gasteiger partial charge in [0.2, 0.25) is 5.79 Å². The van der Waals surface area contributed by atoms with Crippen molar-refractivity contribution >= 4 is 0 Å². The molecule has 5 N–H and O–H groups in total. The Bertz CT molecular complexity index is 926. The lowest BCUT2D eigenvalue weighted by atomic mass is 9.84. The van der Waals surface area contributed by atoms with Gasteiger partial charge in [-0.3, -0.25) is 0 Å². The first-order valence-electron chi connectivity index (χ1n) is 10.7. The Balaban J connectivity index is 1.74. The maximum atomic E-state index is 10.8. The van der Waals surface area contributed by atoms with E-state index in [1.54, 1.807) is 0 Å². The Morgan fingerprint density at radius 3 is 2.32 bits per heavy atom. The van der Waals surface area contributed by atoms with E-state index in [4.69, 9.17) is 9.47 Å². The van der Waals surface area contributed by atoms with Crippen LogP contribution in [-0.4, -0.2) is 56.1 Å². The molecule has 0 unspecified atom stereocenters. The quantitative estimate of drug-likeness (QED) is 0.478. The normalized spacial score (nSPS) is 31.1. The summed E-state index contributed by atoms with van der Waals surface area (Å²) in [4.78, 5) is 0. The second-order valence-electron chi connectivity index (χ2n) is 8.49. The maximum Gasteiger partial charge on any atom is 0.225 e. The molecule has 1 fully saturated rings. The first-order valence-corrected chi connectivity index (χ1v) is 10.7. The van der Waals surface area contributed by atoms with Crippen molar-refractivity contribution in [3.8, 4) is 0 Å². The fraction of sp³-hybridized carbons (Fsp3) is 0.500. The Kier molecular flexibility index (Phi) is 6.20. The molecule has 168 valence electrons. The number of ether oxygens (including phenoxy) is 2. The summed E-state index contributed by atoms with van der Waals surface area (Å²) in [5.74, 6) is -1.70. The summed E-state index contributed by atoms with van der Waals surface area (Å²) in [6.07, 6.45) is -5.26. The molecule has 0 aromatic heterocycles. The summed E-state index contributed by atoms with van der Waals surface area (Å²) >= 11 is 0. The fourth-order valence-corrected chi connectivity index (χ4v) is 4.54. The number of benzene rings is 2. The zero-order valence-electron chi connectivity index (χ0n) is 17.7. The van der Waals surface area contributed by atoms with Crippen molar-refractivity contribution in [1.29, 1.82) is 0 Å². The van der Waals surface area contributed by atoms with Gasteiger partial charge in [0.1, 0.15) is 24.4 Å². The van der Waals surface area contributed by atoms with Crippen LogP contribution in [0.25, 0.3) is 0 Å². The molecule has 2 heterocycles. The van der Waals surface area contributed by atoms with Crippen LogP contribution in [0.5, 0.6) is 0 Å². The summed E-state index contributed by atoms with van der Waals surface area (Å²) in [6, 6.07) is 11.9. The van der Waals surface area contributed by atoms with E-state index in [1.807, 2.05) is 12.1 Å². The molecular formula is C24H30O7. The molecule has 7 heteroatoms. The number of aliphatic hydroxyl groups is 5. The van der Waals surface area contributed by atoms with Gasteiger partial charge in [0.25, 0.3) is 0 Å². The molecule has 0 aliphatic carbocycles. The minimum absolute atomic E-state index is 0.111.